The van der Waals surface area contributed by atoms with E-state index in [9.17, 15) is 18.0 Å². The highest BCUT2D eigenvalue weighted by molar-refractivity contribution is 5.97. The molecule has 0 aliphatic heterocycles. The Hall–Kier alpha value is -3.36. The molecule has 1 aliphatic rings. The molecule has 0 bridgehead atoms. The van der Waals surface area contributed by atoms with Crippen molar-refractivity contribution < 1.29 is 22.7 Å². The molecule has 1 saturated carbocycles. The second-order valence-electron chi connectivity index (χ2n) is 7.81. The number of aromatic nitrogens is 2. The molecule has 0 radical (unpaired) electrons. The van der Waals surface area contributed by atoms with Crippen LogP contribution >= 0.6 is 0 Å². The van der Waals surface area contributed by atoms with Crippen molar-refractivity contribution >= 4 is 22.5 Å². The molecule has 4 rings (SSSR count). The number of ether oxygens (including phenoxy) is 1. The molecule has 0 spiro atoms. The SMILES string of the molecule is COc1cnccc1C(=O)N[C@H]1CC[C@@H](Nc2cc(C(F)(F)F)nc3ccccc23)CC1. The Balaban J connectivity index is 1.42. The van der Waals surface area contributed by atoms with Gasteiger partial charge >= 0.3 is 6.18 Å². The Bertz CT molecular complexity index is 1110. The average Bonchev–Trinajstić information content (AvgIpc) is 2.79. The van der Waals surface area contributed by atoms with Crippen LogP contribution in [-0.4, -0.2) is 35.1 Å². The van der Waals surface area contributed by atoms with Gasteiger partial charge in [0.2, 0.25) is 0 Å². The Morgan fingerprint density at radius 2 is 1.81 bits per heavy atom. The van der Waals surface area contributed by atoms with Crippen LogP contribution in [0.25, 0.3) is 10.9 Å². The molecule has 2 aromatic heterocycles. The zero-order valence-electron chi connectivity index (χ0n) is 17.4. The van der Waals surface area contributed by atoms with Crippen LogP contribution < -0.4 is 15.4 Å². The molecule has 9 heteroatoms. The Morgan fingerprint density at radius 1 is 1.09 bits per heavy atom. The number of nitrogens with one attached hydrogen (secondary N) is 2. The number of nitrogens with zero attached hydrogens (tertiary/aromatic N) is 2. The van der Waals surface area contributed by atoms with Gasteiger partial charge in [-0.05, 0) is 43.9 Å². The second-order valence-corrected chi connectivity index (χ2v) is 7.81. The summed E-state index contributed by atoms with van der Waals surface area (Å²) in [4.78, 5) is 20.3. The van der Waals surface area contributed by atoms with E-state index in [4.69, 9.17) is 4.74 Å². The lowest BCUT2D eigenvalue weighted by molar-refractivity contribution is -0.140. The van der Waals surface area contributed by atoms with Crippen LogP contribution in [0.15, 0.2) is 48.8 Å². The van der Waals surface area contributed by atoms with Gasteiger partial charge in [-0.3, -0.25) is 9.78 Å². The third-order valence-electron chi connectivity index (χ3n) is 5.68. The van der Waals surface area contributed by atoms with Crippen molar-refractivity contribution in [2.45, 2.75) is 43.9 Å². The van der Waals surface area contributed by atoms with Gasteiger partial charge in [0.25, 0.3) is 5.91 Å². The van der Waals surface area contributed by atoms with E-state index < -0.39 is 11.9 Å². The van der Waals surface area contributed by atoms with Gasteiger partial charge in [0.1, 0.15) is 11.4 Å². The standard InChI is InChI=1S/C23H23F3N4O2/c1-32-20-13-27-11-10-17(20)22(31)29-15-8-6-14(7-9-15)28-19-12-21(23(24,25)26)30-18-5-3-2-4-16(18)19/h2-5,10-15H,6-9H2,1H3,(H,28,30)(H,29,31)/t14-,15+. The minimum Gasteiger partial charge on any atom is -0.494 e. The normalized spacial score (nSPS) is 18.9. The summed E-state index contributed by atoms with van der Waals surface area (Å²) < 4.78 is 45.1. The highest BCUT2D eigenvalue weighted by Crippen LogP contribution is 2.34. The van der Waals surface area contributed by atoms with Crippen LogP contribution in [0, 0.1) is 0 Å². The van der Waals surface area contributed by atoms with Gasteiger partial charge in [0.15, 0.2) is 0 Å². The lowest BCUT2D eigenvalue weighted by Crippen LogP contribution is -2.40. The largest absolute Gasteiger partial charge is 0.494 e. The van der Waals surface area contributed by atoms with Crippen molar-refractivity contribution in [3.05, 3.63) is 60.0 Å². The number of hydrogen-bond donors (Lipinski definition) is 2. The summed E-state index contributed by atoms with van der Waals surface area (Å²) in [5.41, 5.74) is 0.241. The second kappa shape index (κ2) is 9.02. The summed E-state index contributed by atoms with van der Waals surface area (Å²) in [6, 6.07) is 9.46. The third kappa shape index (κ3) is 4.76. The first-order chi connectivity index (χ1) is 15.3. The van der Waals surface area contributed by atoms with Crippen LogP contribution in [-0.2, 0) is 6.18 Å². The van der Waals surface area contributed by atoms with Crippen LogP contribution in [0.5, 0.6) is 5.75 Å². The fourth-order valence-electron chi connectivity index (χ4n) is 4.04. The van der Waals surface area contributed by atoms with E-state index >= 15 is 0 Å². The minimum atomic E-state index is -4.52. The highest BCUT2D eigenvalue weighted by atomic mass is 19.4. The Kier molecular flexibility index (Phi) is 6.16. The number of anilines is 1. The number of pyridine rings is 2. The van der Waals surface area contributed by atoms with Crippen LogP contribution in [0.4, 0.5) is 18.9 Å². The fourth-order valence-corrected chi connectivity index (χ4v) is 4.04. The summed E-state index contributed by atoms with van der Waals surface area (Å²) in [5.74, 6) is 0.181. The first-order valence-corrected chi connectivity index (χ1v) is 10.4. The number of fused-ring (bicyclic) bond motifs is 1. The summed E-state index contributed by atoms with van der Waals surface area (Å²) in [6.45, 7) is 0. The number of alkyl halides is 3. The van der Waals surface area contributed by atoms with Gasteiger partial charge in [-0.1, -0.05) is 18.2 Å². The van der Waals surface area contributed by atoms with E-state index in [0.717, 1.165) is 18.9 Å². The van der Waals surface area contributed by atoms with Gasteiger partial charge in [0, 0.05) is 29.4 Å². The van der Waals surface area contributed by atoms with Gasteiger partial charge in [-0.15, -0.1) is 0 Å². The molecule has 168 valence electrons. The monoisotopic (exact) mass is 444 g/mol. The van der Waals surface area contributed by atoms with Crippen molar-refractivity contribution in [2.75, 3.05) is 12.4 Å². The van der Waals surface area contributed by atoms with Crippen molar-refractivity contribution in [1.82, 2.24) is 15.3 Å². The first kappa shape index (κ1) is 21.9. The molecular weight excluding hydrogens is 421 g/mol. The van der Waals surface area contributed by atoms with Crippen molar-refractivity contribution in [3.63, 3.8) is 0 Å². The van der Waals surface area contributed by atoms with E-state index in [-0.39, 0.29) is 18.0 Å². The van der Waals surface area contributed by atoms with E-state index in [2.05, 4.69) is 20.6 Å². The number of amides is 1. The molecule has 1 fully saturated rings. The van der Waals surface area contributed by atoms with Gasteiger partial charge < -0.3 is 15.4 Å². The molecule has 32 heavy (non-hydrogen) atoms. The number of methoxy groups -OCH3 is 1. The number of rotatable bonds is 5. The molecule has 6 nitrogen and oxygen atoms in total. The summed E-state index contributed by atoms with van der Waals surface area (Å²) >= 11 is 0. The van der Waals surface area contributed by atoms with E-state index in [0.29, 0.717) is 40.7 Å². The number of carbonyl (C=O) groups is 1. The number of para-hydroxylation sites is 1. The molecule has 3 aromatic rings. The molecule has 2 heterocycles. The number of hydrogen-bond acceptors (Lipinski definition) is 5. The van der Waals surface area contributed by atoms with Crippen LogP contribution in [0.3, 0.4) is 0 Å². The molecule has 1 aliphatic carbocycles. The summed E-state index contributed by atoms with van der Waals surface area (Å²) in [6.07, 6.45) is 1.37. The Labute approximate surface area is 183 Å². The molecule has 2 N–H and O–H groups in total. The van der Waals surface area contributed by atoms with Crippen LogP contribution in [0.2, 0.25) is 0 Å². The first-order valence-electron chi connectivity index (χ1n) is 10.4. The molecular formula is C23H23F3N4O2. The van der Waals surface area contributed by atoms with Gasteiger partial charge in [-0.2, -0.15) is 13.2 Å². The van der Waals surface area contributed by atoms with Gasteiger partial charge in [-0.25, -0.2) is 4.98 Å². The molecule has 1 aromatic carbocycles. The van der Waals surface area contributed by atoms with Crippen molar-refractivity contribution in [1.29, 1.82) is 0 Å². The van der Waals surface area contributed by atoms with E-state index in [1.165, 1.54) is 19.5 Å². The summed E-state index contributed by atoms with van der Waals surface area (Å²) in [7, 11) is 1.48. The number of halogens is 3. The predicted octanol–water partition coefficient (Wildman–Crippen LogP) is 4.81. The molecule has 1 amide bonds. The molecule has 0 unspecified atom stereocenters. The summed E-state index contributed by atoms with van der Waals surface area (Å²) in [5, 5.41) is 6.95. The third-order valence-corrected chi connectivity index (χ3v) is 5.68. The predicted molar refractivity (Wildman–Crippen MR) is 115 cm³/mol. The lowest BCUT2D eigenvalue weighted by Gasteiger charge is -2.31. The minimum absolute atomic E-state index is 0.00510. The van der Waals surface area contributed by atoms with Crippen molar-refractivity contribution in [3.8, 4) is 5.75 Å². The zero-order chi connectivity index (χ0) is 22.7. The lowest BCUT2D eigenvalue weighted by atomic mass is 9.90. The van der Waals surface area contributed by atoms with Gasteiger partial charge in [0.05, 0.1) is 24.4 Å². The van der Waals surface area contributed by atoms with E-state index in [1.54, 1.807) is 30.3 Å². The number of benzene rings is 1. The Morgan fingerprint density at radius 3 is 2.53 bits per heavy atom. The van der Waals surface area contributed by atoms with E-state index in [1.807, 2.05) is 0 Å². The molecule has 0 atom stereocenters. The quantitative estimate of drug-likeness (QED) is 0.591. The maximum Gasteiger partial charge on any atom is 0.433 e. The zero-order valence-corrected chi connectivity index (χ0v) is 17.4. The maximum absolute atomic E-state index is 13.3. The number of carbonyl (C=O) groups excluding carboxylic acids is 1. The fraction of sp³-hybridized carbons (Fsp3) is 0.348. The maximum atomic E-state index is 13.3. The average molecular weight is 444 g/mol. The molecule has 0 saturated heterocycles. The topological polar surface area (TPSA) is 76.1 Å². The van der Waals surface area contributed by atoms with Crippen LogP contribution in [0.1, 0.15) is 41.7 Å². The smallest absolute Gasteiger partial charge is 0.433 e. The van der Waals surface area contributed by atoms with Crippen molar-refractivity contribution in [2.24, 2.45) is 0 Å². The highest BCUT2D eigenvalue weighted by Gasteiger charge is 2.34.